The zero-order valence-electron chi connectivity index (χ0n) is 6.80. The number of rotatable bonds is 4. The molecule has 0 saturated carbocycles. The Bertz CT molecular complexity index is 397. The predicted molar refractivity (Wildman–Crippen MR) is 47.3 cm³/mol. The second-order valence-electron chi connectivity index (χ2n) is 2.46. The molecule has 0 unspecified atom stereocenters. The smallest absolute Gasteiger partial charge is 0.372 e. The molecule has 0 radical (unpaired) electrons. The molecule has 1 N–H and O–H groups in total. The number of carboxylic acid groups (broad SMARTS) is 1. The van der Waals surface area contributed by atoms with E-state index in [4.69, 9.17) is 5.11 Å². The van der Waals surface area contributed by atoms with Crippen molar-refractivity contribution >= 4 is 28.1 Å². The van der Waals surface area contributed by atoms with Crippen LogP contribution in [0.5, 0.6) is 0 Å². The summed E-state index contributed by atoms with van der Waals surface area (Å²) in [7, 11) is 0. The Morgan fingerprint density at radius 1 is 1.57 bits per heavy atom. The number of nitrogens with zero attached hydrogens (tertiary/aromatic N) is 1. The molecule has 0 aromatic carbocycles. The number of aliphatic carboxylic acids is 1. The molecule has 0 aliphatic carbocycles. The zero-order chi connectivity index (χ0) is 10.7. The van der Waals surface area contributed by atoms with Crippen molar-refractivity contribution in [2.45, 2.75) is 6.42 Å². The number of carboxylic acids is 1. The van der Waals surface area contributed by atoms with Gasteiger partial charge in [0.25, 0.3) is 0 Å². The SMILES string of the molecule is O=C(O)C(=O)Cc1csc([N+](=O)[O-])c1. The molecule has 14 heavy (non-hydrogen) atoms. The van der Waals surface area contributed by atoms with Gasteiger partial charge in [-0.1, -0.05) is 11.3 Å². The Morgan fingerprint density at radius 3 is 2.64 bits per heavy atom. The van der Waals surface area contributed by atoms with E-state index < -0.39 is 16.7 Å². The van der Waals surface area contributed by atoms with Crippen LogP contribution in [0.25, 0.3) is 0 Å². The molecule has 0 fully saturated rings. The standard InChI is InChI=1S/C7H5NO5S/c9-5(7(10)11)1-4-2-6(8(12)13)14-3-4/h2-3H,1H2,(H,10,11). The molecule has 0 bridgehead atoms. The molecule has 0 amide bonds. The first-order chi connectivity index (χ1) is 6.50. The molecular formula is C7H5NO5S. The van der Waals surface area contributed by atoms with Gasteiger partial charge in [0, 0.05) is 17.9 Å². The summed E-state index contributed by atoms with van der Waals surface area (Å²) >= 11 is 0.867. The average Bonchev–Trinajstić information content (AvgIpc) is 2.52. The molecule has 74 valence electrons. The molecule has 0 atom stereocenters. The highest BCUT2D eigenvalue weighted by molar-refractivity contribution is 7.13. The number of carbonyl (C=O) groups is 2. The van der Waals surface area contributed by atoms with Crippen molar-refractivity contribution in [3.63, 3.8) is 0 Å². The summed E-state index contributed by atoms with van der Waals surface area (Å²) in [5, 5.41) is 19.8. The van der Waals surface area contributed by atoms with E-state index in [1.807, 2.05) is 0 Å². The number of nitro groups is 1. The third kappa shape index (κ3) is 2.36. The summed E-state index contributed by atoms with van der Waals surface area (Å²) in [5.74, 6) is -2.50. The number of thiophene rings is 1. The summed E-state index contributed by atoms with van der Waals surface area (Å²) in [4.78, 5) is 30.6. The summed E-state index contributed by atoms with van der Waals surface area (Å²) in [6.07, 6.45) is -0.306. The topological polar surface area (TPSA) is 97.5 Å². The first-order valence-corrected chi connectivity index (χ1v) is 4.36. The quantitative estimate of drug-likeness (QED) is 0.456. The minimum absolute atomic E-state index is 0.0989. The number of Topliss-reactive ketones (excluding diaryl/α,β-unsaturated/α-hetero) is 1. The summed E-state index contributed by atoms with van der Waals surface area (Å²) in [6, 6.07) is 1.20. The van der Waals surface area contributed by atoms with Gasteiger partial charge in [-0.15, -0.1) is 0 Å². The van der Waals surface area contributed by atoms with Crippen LogP contribution in [0.4, 0.5) is 5.00 Å². The van der Waals surface area contributed by atoms with E-state index in [9.17, 15) is 19.7 Å². The first-order valence-electron chi connectivity index (χ1n) is 3.48. The van der Waals surface area contributed by atoms with Gasteiger partial charge >= 0.3 is 11.0 Å². The lowest BCUT2D eigenvalue weighted by Crippen LogP contribution is -2.14. The molecule has 1 rings (SSSR count). The second-order valence-corrected chi connectivity index (χ2v) is 3.35. The lowest BCUT2D eigenvalue weighted by Gasteiger charge is -1.89. The number of hydrogen-bond donors (Lipinski definition) is 1. The van der Waals surface area contributed by atoms with Crippen molar-refractivity contribution in [3.8, 4) is 0 Å². The summed E-state index contributed by atoms with van der Waals surface area (Å²) in [5.41, 5.74) is 0.356. The minimum atomic E-state index is -1.53. The van der Waals surface area contributed by atoms with E-state index in [1.54, 1.807) is 0 Å². The Kier molecular flexibility index (Phi) is 2.92. The molecule has 1 aromatic rings. The van der Waals surface area contributed by atoms with Crippen LogP contribution >= 0.6 is 11.3 Å². The highest BCUT2D eigenvalue weighted by Crippen LogP contribution is 2.22. The molecule has 0 spiro atoms. The van der Waals surface area contributed by atoms with Crippen LogP contribution in [-0.2, 0) is 16.0 Å². The van der Waals surface area contributed by atoms with Gasteiger partial charge in [0.15, 0.2) is 0 Å². The van der Waals surface area contributed by atoms with Crippen LogP contribution in [0.15, 0.2) is 11.4 Å². The highest BCUT2D eigenvalue weighted by atomic mass is 32.1. The molecule has 6 nitrogen and oxygen atoms in total. The maximum atomic E-state index is 10.7. The van der Waals surface area contributed by atoms with Crippen molar-refractivity contribution in [2.75, 3.05) is 0 Å². The maximum absolute atomic E-state index is 10.7. The van der Waals surface area contributed by atoms with E-state index in [0.29, 0.717) is 5.56 Å². The van der Waals surface area contributed by atoms with E-state index >= 15 is 0 Å². The molecule has 7 heteroatoms. The second kappa shape index (κ2) is 3.97. The molecule has 1 heterocycles. The Labute approximate surface area is 81.9 Å². The van der Waals surface area contributed by atoms with Crippen molar-refractivity contribution in [3.05, 3.63) is 27.1 Å². The van der Waals surface area contributed by atoms with Crippen LogP contribution in [0.2, 0.25) is 0 Å². The monoisotopic (exact) mass is 215 g/mol. The molecule has 0 aliphatic rings. The fraction of sp³-hybridized carbons (Fsp3) is 0.143. The van der Waals surface area contributed by atoms with Crippen molar-refractivity contribution in [1.29, 1.82) is 0 Å². The molecular weight excluding hydrogens is 210 g/mol. The normalized spacial score (nSPS) is 9.71. The molecule has 1 aromatic heterocycles. The van der Waals surface area contributed by atoms with Gasteiger partial charge in [-0.2, -0.15) is 0 Å². The lowest BCUT2D eigenvalue weighted by molar-refractivity contribution is -0.380. The van der Waals surface area contributed by atoms with Gasteiger partial charge in [-0.25, -0.2) is 4.79 Å². The van der Waals surface area contributed by atoms with Crippen molar-refractivity contribution in [2.24, 2.45) is 0 Å². The van der Waals surface area contributed by atoms with Crippen LogP contribution < -0.4 is 0 Å². The Morgan fingerprint density at radius 2 is 2.21 bits per heavy atom. The van der Waals surface area contributed by atoms with Crippen LogP contribution in [0, 0.1) is 10.1 Å². The van der Waals surface area contributed by atoms with E-state index in [0.717, 1.165) is 11.3 Å². The molecule has 0 saturated heterocycles. The van der Waals surface area contributed by atoms with Crippen LogP contribution in [-0.4, -0.2) is 21.8 Å². The van der Waals surface area contributed by atoms with Gasteiger partial charge < -0.3 is 5.11 Å². The van der Waals surface area contributed by atoms with E-state index in [1.165, 1.54) is 11.4 Å². The number of carbonyl (C=O) groups excluding carboxylic acids is 1. The fourth-order valence-electron chi connectivity index (χ4n) is 0.812. The highest BCUT2D eigenvalue weighted by Gasteiger charge is 2.16. The summed E-state index contributed by atoms with van der Waals surface area (Å²) < 4.78 is 0. The molecule has 0 aliphatic heterocycles. The fourth-order valence-corrected chi connectivity index (χ4v) is 1.54. The predicted octanol–water partition coefficient (Wildman–Crippen LogP) is 0.853. The maximum Gasteiger partial charge on any atom is 0.372 e. The average molecular weight is 215 g/mol. The number of ketones is 1. The summed E-state index contributed by atoms with van der Waals surface area (Å²) in [6.45, 7) is 0. The van der Waals surface area contributed by atoms with E-state index in [2.05, 4.69) is 0 Å². The van der Waals surface area contributed by atoms with E-state index in [-0.39, 0.29) is 11.4 Å². The van der Waals surface area contributed by atoms with Crippen molar-refractivity contribution in [1.82, 2.24) is 0 Å². The third-order valence-electron chi connectivity index (χ3n) is 1.42. The van der Waals surface area contributed by atoms with Crippen LogP contribution in [0.3, 0.4) is 0 Å². The zero-order valence-corrected chi connectivity index (χ0v) is 7.61. The van der Waals surface area contributed by atoms with Gasteiger partial charge in [-0.3, -0.25) is 14.9 Å². The van der Waals surface area contributed by atoms with Gasteiger partial charge in [0.2, 0.25) is 5.78 Å². The first kappa shape index (κ1) is 10.3. The van der Waals surface area contributed by atoms with Gasteiger partial charge in [0.05, 0.1) is 4.92 Å². The Hall–Kier alpha value is -1.76. The van der Waals surface area contributed by atoms with Crippen LogP contribution in [0.1, 0.15) is 5.56 Å². The van der Waals surface area contributed by atoms with Crippen molar-refractivity contribution < 1.29 is 19.6 Å². The third-order valence-corrected chi connectivity index (χ3v) is 2.35. The minimum Gasteiger partial charge on any atom is -0.475 e. The Balaban J connectivity index is 2.74. The van der Waals surface area contributed by atoms with Gasteiger partial charge in [-0.05, 0) is 5.56 Å². The van der Waals surface area contributed by atoms with Gasteiger partial charge in [0.1, 0.15) is 0 Å². The largest absolute Gasteiger partial charge is 0.475 e. The lowest BCUT2D eigenvalue weighted by atomic mass is 10.2. The number of hydrogen-bond acceptors (Lipinski definition) is 5.